The summed E-state index contributed by atoms with van der Waals surface area (Å²) in [4.78, 5) is 0. The summed E-state index contributed by atoms with van der Waals surface area (Å²) in [6.07, 6.45) is 6.69. The van der Waals surface area contributed by atoms with Crippen LogP contribution in [-0.4, -0.2) is 0 Å². The molecular formula is C12H20. The lowest BCUT2D eigenvalue weighted by atomic mass is 9.66. The highest BCUT2D eigenvalue weighted by molar-refractivity contribution is 5.30. The third-order valence-electron chi connectivity index (χ3n) is 4.26. The number of fused-ring (bicyclic) bond motifs is 1. The SMILES string of the molecule is CC[C@@]1(C)C[C@@H]2C(C)=CC2(C)C1. The van der Waals surface area contributed by atoms with Gasteiger partial charge in [-0.25, -0.2) is 0 Å². The van der Waals surface area contributed by atoms with Gasteiger partial charge in [0.05, 0.1) is 0 Å². The Balaban J connectivity index is 2.21. The Morgan fingerprint density at radius 1 is 1.50 bits per heavy atom. The highest BCUT2D eigenvalue weighted by atomic mass is 14.6. The molecule has 0 heterocycles. The van der Waals surface area contributed by atoms with Crippen LogP contribution in [0.3, 0.4) is 0 Å². The van der Waals surface area contributed by atoms with E-state index in [-0.39, 0.29) is 0 Å². The molecule has 0 aromatic rings. The first-order valence-electron chi connectivity index (χ1n) is 5.18. The zero-order valence-electron chi connectivity index (χ0n) is 8.78. The fraction of sp³-hybridized carbons (Fsp3) is 0.833. The zero-order valence-corrected chi connectivity index (χ0v) is 8.78. The average Bonchev–Trinajstić information content (AvgIpc) is 2.20. The molecule has 0 bridgehead atoms. The van der Waals surface area contributed by atoms with E-state index in [0.29, 0.717) is 10.8 Å². The summed E-state index contributed by atoms with van der Waals surface area (Å²) < 4.78 is 0. The van der Waals surface area contributed by atoms with Gasteiger partial charge in [-0.1, -0.05) is 38.8 Å². The van der Waals surface area contributed by atoms with Crippen molar-refractivity contribution < 1.29 is 0 Å². The predicted molar refractivity (Wildman–Crippen MR) is 53.0 cm³/mol. The molecule has 2 rings (SSSR count). The van der Waals surface area contributed by atoms with Gasteiger partial charge >= 0.3 is 0 Å². The Hall–Kier alpha value is -0.260. The summed E-state index contributed by atoms with van der Waals surface area (Å²) in [6.45, 7) is 9.53. The number of rotatable bonds is 1. The van der Waals surface area contributed by atoms with Crippen molar-refractivity contribution in [1.29, 1.82) is 0 Å². The van der Waals surface area contributed by atoms with Gasteiger partial charge in [-0.2, -0.15) is 0 Å². The van der Waals surface area contributed by atoms with Crippen molar-refractivity contribution in [3.05, 3.63) is 11.6 Å². The molecule has 0 saturated heterocycles. The maximum atomic E-state index is 2.50. The van der Waals surface area contributed by atoms with Gasteiger partial charge < -0.3 is 0 Å². The van der Waals surface area contributed by atoms with E-state index >= 15 is 0 Å². The summed E-state index contributed by atoms with van der Waals surface area (Å²) in [6, 6.07) is 0. The third kappa shape index (κ3) is 0.901. The summed E-state index contributed by atoms with van der Waals surface area (Å²) in [5.41, 5.74) is 2.86. The van der Waals surface area contributed by atoms with E-state index in [9.17, 15) is 0 Å². The van der Waals surface area contributed by atoms with Crippen molar-refractivity contribution in [3.8, 4) is 0 Å². The minimum absolute atomic E-state index is 0.578. The molecule has 12 heavy (non-hydrogen) atoms. The lowest BCUT2D eigenvalue weighted by Gasteiger charge is -2.39. The van der Waals surface area contributed by atoms with Crippen LogP contribution >= 0.6 is 0 Å². The van der Waals surface area contributed by atoms with Crippen LogP contribution < -0.4 is 0 Å². The van der Waals surface area contributed by atoms with Gasteiger partial charge in [-0.15, -0.1) is 0 Å². The van der Waals surface area contributed by atoms with Crippen LogP contribution in [0.2, 0.25) is 0 Å². The summed E-state index contributed by atoms with van der Waals surface area (Å²) in [5.74, 6) is 0.919. The molecule has 0 N–H and O–H groups in total. The average molecular weight is 164 g/mol. The molecular weight excluding hydrogens is 144 g/mol. The largest absolute Gasteiger partial charge is 0.0787 e. The van der Waals surface area contributed by atoms with Crippen molar-refractivity contribution in [2.45, 2.75) is 47.0 Å². The number of allylic oxidation sites excluding steroid dienone is 2. The molecule has 1 unspecified atom stereocenters. The Morgan fingerprint density at radius 3 is 2.58 bits per heavy atom. The maximum absolute atomic E-state index is 2.50. The van der Waals surface area contributed by atoms with Crippen molar-refractivity contribution in [2.24, 2.45) is 16.7 Å². The summed E-state index contributed by atoms with van der Waals surface area (Å²) in [7, 11) is 0. The van der Waals surface area contributed by atoms with E-state index in [4.69, 9.17) is 0 Å². The lowest BCUT2D eigenvalue weighted by Crippen LogP contribution is -2.29. The molecule has 0 nitrogen and oxygen atoms in total. The molecule has 2 aliphatic rings. The first-order chi connectivity index (χ1) is 5.49. The van der Waals surface area contributed by atoms with Gasteiger partial charge in [0.15, 0.2) is 0 Å². The van der Waals surface area contributed by atoms with Crippen molar-refractivity contribution in [2.75, 3.05) is 0 Å². The van der Waals surface area contributed by atoms with E-state index in [1.54, 1.807) is 5.57 Å². The summed E-state index contributed by atoms with van der Waals surface area (Å²) >= 11 is 0. The molecule has 2 aliphatic carbocycles. The molecule has 0 spiro atoms. The van der Waals surface area contributed by atoms with E-state index in [2.05, 4.69) is 33.8 Å². The lowest BCUT2D eigenvalue weighted by molar-refractivity contribution is 0.271. The van der Waals surface area contributed by atoms with Crippen LogP contribution in [-0.2, 0) is 0 Å². The Labute approximate surface area is 76.1 Å². The van der Waals surface area contributed by atoms with E-state index < -0.39 is 0 Å². The Kier molecular flexibility index (Phi) is 1.50. The van der Waals surface area contributed by atoms with Crippen LogP contribution in [0.5, 0.6) is 0 Å². The van der Waals surface area contributed by atoms with Crippen LogP contribution in [0.25, 0.3) is 0 Å². The molecule has 0 amide bonds. The fourth-order valence-corrected chi connectivity index (χ4v) is 3.47. The van der Waals surface area contributed by atoms with Crippen molar-refractivity contribution >= 4 is 0 Å². The van der Waals surface area contributed by atoms with Crippen LogP contribution in [0.4, 0.5) is 0 Å². The van der Waals surface area contributed by atoms with Crippen LogP contribution in [0, 0.1) is 16.7 Å². The second kappa shape index (κ2) is 2.16. The molecule has 68 valence electrons. The van der Waals surface area contributed by atoms with Crippen molar-refractivity contribution in [3.63, 3.8) is 0 Å². The molecule has 0 radical (unpaired) electrons. The van der Waals surface area contributed by atoms with Gasteiger partial charge in [-0.05, 0) is 36.5 Å². The predicted octanol–water partition coefficient (Wildman–Crippen LogP) is 3.78. The van der Waals surface area contributed by atoms with E-state index in [1.165, 1.54) is 19.3 Å². The monoisotopic (exact) mass is 164 g/mol. The normalized spacial score (nSPS) is 51.3. The second-order valence-electron chi connectivity index (χ2n) is 5.49. The molecule has 0 aromatic heterocycles. The van der Waals surface area contributed by atoms with Gasteiger partial charge in [0, 0.05) is 0 Å². The maximum Gasteiger partial charge on any atom is -0.00732 e. The molecule has 0 heteroatoms. The third-order valence-corrected chi connectivity index (χ3v) is 4.26. The molecule has 0 aromatic carbocycles. The van der Waals surface area contributed by atoms with E-state index in [0.717, 1.165) is 5.92 Å². The minimum Gasteiger partial charge on any atom is -0.0787 e. The second-order valence-corrected chi connectivity index (χ2v) is 5.49. The Morgan fingerprint density at radius 2 is 2.17 bits per heavy atom. The zero-order chi connectivity index (χ0) is 8.98. The topological polar surface area (TPSA) is 0 Å². The Bertz CT molecular complexity index is 238. The smallest absolute Gasteiger partial charge is 0.00732 e. The molecule has 0 aliphatic heterocycles. The molecule has 3 atom stereocenters. The van der Waals surface area contributed by atoms with Gasteiger partial charge in [0.1, 0.15) is 0 Å². The first-order valence-corrected chi connectivity index (χ1v) is 5.18. The first kappa shape index (κ1) is 8.34. The number of hydrogen-bond donors (Lipinski definition) is 0. The van der Waals surface area contributed by atoms with Crippen molar-refractivity contribution in [1.82, 2.24) is 0 Å². The standard InChI is InChI=1S/C12H20/c1-5-11(3)7-10-9(2)6-12(10,4)8-11/h6,10H,5,7-8H2,1-4H3/t10-,11+,12?/m1/s1. The minimum atomic E-state index is 0.578. The fourth-order valence-electron chi connectivity index (χ4n) is 3.47. The molecule has 1 saturated carbocycles. The van der Waals surface area contributed by atoms with E-state index in [1.807, 2.05) is 0 Å². The van der Waals surface area contributed by atoms with Crippen LogP contribution in [0.15, 0.2) is 11.6 Å². The number of hydrogen-bond acceptors (Lipinski definition) is 0. The van der Waals surface area contributed by atoms with Gasteiger partial charge in [-0.3, -0.25) is 0 Å². The summed E-state index contributed by atoms with van der Waals surface area (Å²) in [5, 5.41) is 0. The van der Waals surface area contributed by atoms with Gasteiger partial charge in [0.2, 0.25) is 0 Å². The highest BCUT2D eigenvalue weighted by Gasteiger charge is 2.52. The highest BCUT2D eigenvalue weighted by Crippen LogP contribution is 2.62. The van der Waals surface area contributed by atoms with Gasteiger partial charge in [0.25, 0.3) is 0 Å². The van der Waals surface area contributed by atoms with Crippen LogP contribution in [0.1, 0.15) is 47.0 Å². The molecule has 1 fully saturated rings. The quantitative estimate of drug-likeness (QED) is 0.517.